The van der Waals surface area contributed by atoms with Gasteiger partial charge in [-0.2, -0.15) is 11.8 Å². The number of aliphatic hydroxyl groups excluding tert-OH is 1. The second-order valence-electron chi connectivity index (χ2n) is 3.81. The van der Waals surface area contributed by atoms with E-state index in [-0.39, 0.29) is 29.7 Å². The van der Waals surface area contributed by atoms with Gasteiger partial charge in [-0.3, -0.25) is 4.79 Å². The molecule has 1 aliphatic rings. The topological polar surface area (TPSA) is 58.6 Å². The van der Waals surface area contributed by atoms with Crippen LogP contribution in [0.4, 0.5) is 0 Å². The van der Waals surface area contributed by atoms with Crippen molar-refractivity contribution >= 4 is 17.7 Å². The van der Waals surface area contributed by atoms with Crippen LogP contribution in [0, 0.1) is 5.92 Å². The number of carbonyl (C=O) groups is 1. The highest BCUT2D eigenvalue weighted by Crippen LogP contribution is 2.15. The highest BCUT2D eigenvalue weighted by molar-refractivity contribution is 7.99. The number of aliphatic hydroxyl groups is 1. The third-order valence-electron chi connectivity index (χ3n) is 2.71. The SMILES string of the molecule is CSC(CO)C(C)NC(=O)C1CCOC1. The number of hydrogen-bond donors (Lipinski definition) is 2. The van der Waals surface area contributed by atoms with Crippen LogP contribution in [0.25, 0.3) is 0 Å². The number of carbonyl (C=O) groups excluding carboxylic acids is 1. The summed E-state index contributed by atoms with van der Waals surface area (Å²) < 4.78 is 5.16. The van der Waals surface area contributed by atoms with Crippen molar-refractivity contribution in [3.05, 3.63) is 0 Å². The molecule has 0 saturated carbocycles. The molecular weight excluding hydrogens is 214 g/mol. The monoisotopic (exact) mass is 233 g/mol. The number of rotatable bonds is 5. The van der Waals surface area contributed by atoms with Crippen LogP contribution in [0.1, 0.15) is 13.3 Å². The van der Waals surface area contributed by atoms with Gasteiger partial charge in [-0.05, 0) is 19.6 Å². The Balaban J connectivity index is 2.35. The summed E-state index contributed by atoms with van der Waals surface area (Å²) in [6.07, 6.45) is 2.74. The maximum Gasteiger partial charge on any atom is 0.225 e. The van der Waals surface area contributed by atoms with E-state index in [0.29, 0.717) is 13.2 Å². The molecule has 0 aromatic carbocycles. The first-order chi connectivity index (χ1) is 7.19. The number of hydrogen-bond acceptors (Lipinski definition) is 4. The molecular formula is C10H19NO3S. The number of ether oxygens (including phenoxy) is 1. The Morgan fingerprint density at radius 2 is 2.47 bits per heavy atom. The largest absolute Gasteiger partial charge is 0.395 e. The normalized spacial score (nSPS) is 24.9. The highest BCUT2D eigenvalue weighted by Gasteiger charge is 2.26. The minimum absolute atomic E-state index is 0.00176. The van der Waals surface area contributed by atoms with Gasteiger partial charge >= 0.3 is 0 Å². The molecule has 1 saturated heterocycles. The minimum atomic E-state index is -0.00588. The fourth-order valence-corrected chi connectivity index (χ4v) is 2.24. The molecule has 5 heteroatoms. The van der Waals surface area contributed by atoms with E-state index in [2.05, 4.69) is 5.32 Å². The van der Waals surface area contributed by atoms with Gasteiger partial charge in [0.25, 0.3) is 0 Å². The second kappa shape index (κ2) is 6.35. The third-order valence-corrected chi connectivity index (χ3v) is 3.87. The zero-order valence-electron chi connectivity index (χ0n) is 9.23. The summed E-state index contributed by atoms with van der Waals surface area (Å²) in [6.45, 7) is 3.22. The quantitative estimate of drug-likeness (QED) is 0.715. The molecule has 1 heterocycles. The summed E-state index contributed by atoms with van der Waals surface area (Å²) in [4.78, 5) is 11.7. The lowest BCUT2D eigenvalue weighted by Gasteiger charge is -2.22. The molecule has 0 bridgehead atoms. The van der Waals surface area contributed by atoms with Gasteiger partial charge in [-0.1, -0.05) is 0 Å². The fraction of sp³-hybridized carbons (Fsp3) is 0.900. The van der Waals surface area contributed by atoms with E-state index in [1.807, 2.05) is 13.2 Å². The van der Waals surface area contributed by atoms with Crippen LogP contribution >= 0.6 is 11.8 Å². The third kappa shape index (κ3) is 3.66. The van der Waals surface area contributed by atoms with Crippen molar-refractivity contribution in [1.82, 2.24) is 5.32 Å². The predicted molar refractivity (Wildman–Crippen MR) is 60.9 cm³/mol. The molecule has 0 radical (unpaired) electrons. The van der Waals surface area contributed by atoms with Crippen LogP contribution in [0.5, 0.6) is 0 Å². The number of thioether (sulfide) groups is 1. The summed E-state index contributed by atoms with van der Waals surface area (Å²) in [5.41, 5.74) is 0. The Bertz CT molecular complexity index is 203. The number of amides is 1. The van der Waals surface area contributed by atoms with Crippen molar-refractivity contribution in [1.29, 1.82) is 0 Å². The van der Waals surface area contributed by atoms with Gasteiger partial charge in [0.15, 0.2) is 0 Å². The highest BCUT2D eigenvalue weighted by atomic mass is 32.2. The lowest BCUT2D eigenvalue weighted by atomic mass is 10.1. The first kappa shape index (κ1) is 12.8. The average molecular weight is 233 g/mol. The van der Waals surface area contributed by atoms with E-state index >= 15 is 0 Å². The van der Waals surface area contributed by atoms with Gasteiger partial charge < -0.3 is 15.2 Å². The van der Waals surface area contributed by atoms with Crippen LogP contribution in [-0.4, -0.2) is 48.4 Å². The summed E-state index contributed by atoms with van der Waals surface area (Å²) in [5, 5.41) is 12.1. The molecule has 15 heavy (non-hydrogen) atoms. The molecule has 3 atom stereocenters. The molecule has 0 aromatic heterocycles. The van der Waals surface area contributed by atoms with E-state index in [9.17, 15) is 4.79 Å². The van der Waals surface area contributed by atoms with E-state index in [4.69, 9.17) is 9.84 Å². The Morgan fingerprint density at radius 3 is 2.93 bits per heavy atom. The maximum absolute atomic E-state index is 11.7. The molecule has 4 nitrogen and oxygen atoms in total. The van der Waals surface area contributed by atoms with Crippen molar-refractivity contribution in [2.24, 2.45) is 5.92 Å². The average Bonchev–Trinajstić information content (AvgIpc) is 2.72. The summed E-state index contributed by atoms with van der Waals surface area (Å²) >= 11 is 1.57. The Morgan fingerprint density at radius 1 is 1.73 bits per heavy atom. The van der Waals surface area contributed by atoms with Gasteiger partial charge in [0.2, 0.25) is 5.91 Å². The Labute approximate surface area is 94.8 Å². The molecule has 0 aromatic rings. The van der Waals surface area contributed by atoms with Crippen molar-refractivity contribution in [3.63, 3.8) is 0 Å². The zero-order valence-corrected chi connectivity index (χ0v) is 10.0. The van der Waals surface area contributed by atoms with Crippen LogP contribution in [0.3, 0.4) is 0 Å². The van der Waals surface area contributed by atoms with Crippen LogP contribution in [0.15, 0.2) is 0 Å². The molecule has 0 aliphatic carbocycles. The second-order valence-corrected chi connectivity index (χ2v) is 4.89. The summed E-state index contributed by atoms with van der Waals surface area (Å²) in [5.74, 6) is 0.0427. The van der Waals surface area contributed by atoms with Crippen LogP contribution < -0.4 is 5.32 Å². The Kier molecular flexibility index (Phi) is 5.42. The minimum Gasteiger partial charge on any atom is -0.395 e. The predicted octanol–water partition coefficient (Wildman–Crippen LogP) is 0.251. The molecule has 2 N–H and O–H groups in total. The van der Waals surface area contributed by atoms with Crippen LogP contribution in [0.2, 0.25) is 0 Å². The van der Waals surface area contributed by atoms with Gasteiger partial charge in [-0.25, -0.2) is 0 Å². The van der Waals surface area contributed by atoms with E-state index in [1.54, 1.807) is 11.8 Å². The van der Waals surface area contributed by atoms with E-state index < -0.39 is 0 Å². The lowest BCUT2D eigenvalue weighted by molar-refractivity contribution is -0.125. The summed E-state index contributed by atoms with van der Waals surface area (Å²) in [6, 6.07) is -0.00176. The molecule has 1 fully saturated rings. The molecule has 3 unspecified atom stereocenters. The smallest absolute Gasteiger partial charge is 0.225 e. The molecule has 1 amide bonds. The number of nitrogens with one attached hydrogen (secondary N) is 1. The van der Waals surface area contributed by atoms with Crippen molar-refractivity contribution in [2.45, 2.75) is 24.6 Å². The van der Waals surface area contributed by atoms with Gasteiger partial charge in [0, 0.05) is 17.9 Å². The van der Waals surface area contributed by atoms with Gasteiger partial charge in [0.05, 0.1) is 19.1 Å². The lowest BCUT2D eigenvalue weighted by Crippen LogP contribution is -2.44. The van der Waals surface area contributed by atoms with Crippen LogP contribution in [-0.2, 0) is 9.53 Å². The standard InChI is InChI=1S/C10H19NO3S/c1-7(9(5-12)15-2)11-10(13)8-3-4-14-6-8/h7-9,12H,3-6H2,1-2H3,(H,11,13). The zero-order chi connectivity index (χ0) is 11.3. The van der Waals surface area contributed by atoms with Crippen molar-refractivity contribution in [3.8, 4) is 0 Å². The molecule has 1 rings (SSSR count). The van der Waals surface area contributed by atoms with Gasteiger partial charge in [0.1, 0.15) is 0 Å². The van der Waals surface area contributed by atoms with E-state index in [0.717, 1.165) is 6.42 Å². The summed E-state index contributed by atoms with van der Waals surface area (Å²) in [7, 11) is 0. The fourth-order valence-electron chi connectivity index (χ4n) is 1.61. The van der Waals surface area contributed by atoms with Crippen molar-refractivity contribution < 1.29 is 14.6 Å². The maximum atomic E-state index is 11.7. The first-order valence-corrected chi connectivity index (χ1v) is 6.49. The Hall–Kier alpha value is -0.260. The first-order valence-electron chi connectivity index (χ1n) is 5.20. The molecule has 88 valence electrons. The molecule has 0 spiro atoms. The van der Waals surface area contributed by atoms with E-state index in [1.165, 1.54) is 0 Å². The molecule has 1 aliphatic heterocycles. The van der Waals surface area contributed by atoms with Crippen molar-refractivity contribution in [2.75, 3.05) is 26.1 Å². The van der Waals surface area contributed by atoms with Gasteiger partial charge in [-0.15, -0.1) is 0 Å².